The van der Waals surface area contributed by atoms with E-state index in [0.29, 0.717) is 5.92 Å². The summed E-state index contributed by atoms with van der Waals surface area (Å²) >= 11 is 0. The molecule has 0 saturated carbocycles. The fourth-order valence-electron chi connectivity index (χ4n) is 1.54. The van der Waals surface area contributed by atoms with E-state index in [-0.39, 0.29) is 0 Å². The van der Waals surface area contributed by atoms with Crippen molar-refractivity contribution in [1.82, 2.24) is 0 Å². The van der Waals surface area contributed by atoms with Gasteiger partial charge in [-0.15, -0.1) is 0 Å². The zero-order chi connectivity index (χ0) is 8.39. The van der Waals surface area contributed by atoms with Crippen molar-refractivity contribution in [2.45, 2.75) is 19.3 Å². The molecule has 0 bridgehead atoms. The average molecular weight is 160 g/mol. The van der Waals surface area contributed by atoms with E-state index in [0.717, 1.165) is 12.2 Å². The van der Waals surface area contributed by atoms with Gasteiger partial charge < -0.3 is 4.42 Å². The Balaban J connectivity index is 2.22. The summed E-state index contributed by atoms with van der Waals surface area (Å²) < 4.78 is 5.34. The van der Waals surface area contributed by atoms with Gasteiger partial charge in [0.15, 0.2) is 0 Å². The van der Waals surface area contributed by atoms with Crippen LogP contribution in [0.15, 0.2) is 46.6 Å². The molecule has 0 radical (unpaired) electrons. The van der Waals surface area contributed by atoms with Crippen LogP contribution in [0.25, 0.3) is 0 Å². The smallest absolute Gasteiger partial charge is 0.110 e. The molecule has 0 aromatic carbocycles. The first-order valence-electron chi connectivity index (χ1n) is 4.24. The number of allylic oxidation sites excluding steroid dienone is 4. The van der Waals surface area contributed by atoms with Gasteiger partial charge in [-0.1, -0.05) is 23.8 Å². The normalized spacial score (nSPS) is 22.4. The summed E-state index contributed by atoms with van der Waals surface area (Å²) in [4.78, 5) is 0. The second-order valence-corrected chi connectivity index (χ2v) is 3.17. The summed E-state index contributed by atoms with van der Waals surface area (Å²) in [5, 5.41) is 0. The summed E-state index contributed by atoms with van der Waals surface area (Å²) in [6.07, 6.45) is 9.39. The van der Waals surface area contributed by atoms with Crippen LogP contribution in [0, 0.1) is 0 Å². The van der Waals surface area contributed by atoms with Crippen molar-refractivity contribution in [2.75, 3.05) is 0 Å². The molecule has 0 amide bonds. The Morgan fingerprint density at radius 3 is 3.08 bits per heavy atom. The molecule has 2 rings (SSSR count). The Labute approximate surface area is 72.4 Å². The molecule has 62 valence electrons. The minimum Gasteiger partial charge on any atom is -0.469 e. The molecule has 0 N–H and O–H groups in total. The van der Waals surface area contributed by atoms with Gasteiger partial charge >= 0.3 is 0 Å². The van der Waals surface area contributed by atoms with Gasteiger partial charge in [0, 0.05) is 5.92 Å². The van der Waals surface area contributed by atoms with E-state index in [1.54, 1.807) is 6.26 Å². The Bertz CT molecular complexity index is 304. The predicted octanol–water partition coefficient (Wildman–Crippen LogP) is 3.27. The first kappa shape index (κ1) is 7.41. The zero-order valence-corrected chi connectivity index (χ0v) is 7.16. The van der Waals surface area contributed by atoms with Gasteiger partial charge in [0.05, 0.1) is 6.26 Å². The van der Waals surface area contributed by atoms with E-state index in [1.165, 1.54) is 5.57 Å². The molecule has 1 heterocycles. The van der Waals surface area contributed by atoms with E-state index < -0.39 is 0 Å². The van der Waals surface area contributed by atoms with Gasteiger partial charge in [-0.05, 0) is 25.5 Å². The molecule has 1 aliphatic carbocycles. The van der Waals surface area contributed by atoms with E-state index in [4.69, 9.17) is 4.42 Å². The summed E-state index contributed by atoms with van der Waals surface area (Å²) in [7, 11) is 0. The molecule has 1 nitrogen and oxygen atoms in total. The van der Waals surface area contributed by atoms with E-state index in [1.807, 2.05) is 12.1 Å². The fourth-order valence-corrected chi connectivity index (χ4v) is 1.54. The van der Waals surface area contributed by atoms with E-state index in [2.05, 4.69) is 25.2 Å². The minimum atomic E-state index is 0.449. The molecule has 0 fully saturated rings. The van der Waals surface area contributed by atoms with Crippen LogP contribution in [0.4, 0.5) is 0 Å². The second kappa shape index (κ2) is 3.02. The monoisotopic (exact) mass is 160 g/mol. The molecule has 1 unspecified atom stereocenters. The van der Waals surface area contributed by atoms with Crippen LogP contribution < -0.4 is 0 Å². The second-order valence-electron chi connectivity index (χ2n) is 3.17. The first-order valence-corrected chi connectivity index (χ1v) is 4.24. The lowest BCUT2D eigenvalue weighted by atomic mass is 9.95. The van der Waals surface area contributed by atoms with Crippen molar-refractivity contribution in [1.29, 1.82) is 0 Å². The third-order valence-corrected chi connectivity index (χ3v) is 2.14. The lowest BCUT2D eigenvalue weighted by Crippen LogP contribution is -1.95. The van der Waals surface area contributed by atoms with Crippen LogP contribution in [0.3, 0.4) is 0 Å². The van der Waals surface area contributed by atoms with Crippen molar-refractivity contribution < 1.29 is 4.42 Å². The highest BCUT2D eigenvalue weighted by Gasteiger charge is 2.11. The maximum absolute atomic E-state index is 5.34. The van der Waals surface area contributed by atoms with Crippen LogP contribution >= 0.6 is 0 Å². The molecule has 1 aromatic rings. The minimum absolute atomic E-state index is 0.449. The third kappa shape index (κ3) is 1.35. The van der Waals surface area contributed by atoms with Crippen molar-refractivity contribution in [3.63, 3.8) is 0 Å². The zero-order valence-electron chi connectivity index (χ0n) is 7.16. The van der Waals surface area contributed by atoms with Crippen LogP contribution in [0.1, 0.15) is 25.0 Å². The predicted molar refractivity (Wildman–Crippen MR) is 49.0 cm³/mol. The fraction of sp³-hybridized carbons (Fsp3) is 0.273. The molecule has 12 heavy (non-hydrogen) atoms. The van der Waals surface area contributed by atoms with Crippen molar-refractivity contribution >= 4 is 0 Å². The number of hydrogen-bond acceptors (Lipinski definition) is 1. The van der Waals surface area contributed by atoms with E-state index in [9.17, 15) is 0 Å². The van der Waals surface area contributed by atoms with Crippen molar-refractivity contribution in [3.05, 3.63) is 48.0 Å². The highest BCUT2D eigenvalue weighted by atomic mass is 16.3. The third-order valence-electron chi connectivity index (χ3n) is 2.14. The maximum atomic E-state index is 5.34. The quantitative estimate of drug-likeness (QED) is 0.614. The first-order chi connectivity index (χ1) is 5.86. The standard InChI is InChI=1S/C11H12O/c1-9-4-2-5-10(8-9)11-6-3-7-12-11/h2-4,6-8,10H,5H2,1H3. The van der Waals surface area contributed by atoms with Crippen LogP contribution in [0.2, 0.25) is 0 Å². The van der Waals surface area contributed by atoms with Gasteiger partial charge in [0.1, 0.15) is 5.76 Å². The van der Waals surface area contributed by atoms with Gasteiger partial charge in [0.25, 0.3) is 0 Å². The summed E-state index contributed by atoms with van der Waals surface area (Å²) in [6.45, 7) is 2.12. The molecule has 1 atom stereocenters. The summed E-state index contributed by atoms with van der Waals surface area (Å²) in [6, 6.07) is 3.98. The molecule has 0 spiro atoms. The molecule has 0 aliphatic heterocycles. The highest BCUT2D eigenvalue weighted by Crippen LogP contribution is 2.26. The lowest BCUT2D eigenvalue weighted by molar-refractivity contribution is 0.489. The summed E-state index contributed by atoms with van der Waals surface area (Å²) in [5.41, 5.74) is 1.32. The van der Waals surface area contributed by atoms with Gasteiger partial charge in [-0.25, -0.2) is 0 Å². The van der Waals surface area contributed by atoms with Crippen LogP contribution in [-0.4, -0.2) is 0 Å². The summed E-state index contributed by atoms with van der Waals surface area (Å²) in [5.74, 6) is 1.52. The average Bonchev–Trinajstić information content (AvgIpc) is 2.56. The lowest BCUT2D eigenvalue weighted by Gasteiger charge is -2.11. The Morgan fingerprint density at radius 2 is 2.42 bits per heavy atom. The van der Waals surface area contributed by atoms with Crippen LogP contribution in [-0.2, 0) is 0 Å². The number of hydrogen-bond donors (Lipinski definition) is 0. The number of furan rings is 1. The molecule has 1 aliphatic rings. The van der Waals surface area contributed by atoms with Crippen molar-refractivity contribution in [2.24, 2.45) is 0 Å². The molecule has 0 saturated heterocycles. The van der Waals surface area contributed by atoms with Crippen molar-refractivity contribution in [3.8, 4) is 0 Å². The Hall–Kier alpha value is -1.24. The molecular formula is C11H12O. The molecule has 1 heteroatoms. The van der Waals surface area contributed by atoms with Gasteiger partial charge in [0.2, 0.25) is 0 Å². The Morgan fingerprint density at radius 1 is 1.50 bits per heavy atom. The largest absolute Gasteiger partial charge is 0.469 e. The highest BCUT2D eigenvalue weighted by molar-refractivity contribution is 5.28. The number of rotatable bonds is 1. The topological polar surface area (TPSA) is 13.1 Å². The molecule has 1 aromatic heterocycles. The van der Waals surface area contributed by atoms with E-state index >= 15 is 0 Å². The van der Waals surface area contributed by atoms with Gasteiger partial charge in [-0.3, -0.25) is 0 Å². The SMILES string of the molecule is CC1=CC(c2ccco2)CC=C1. The van der Waals surface area contributed by atoms with Gasteiger partial charge in [-0.2, -0.15) is 0 Å². The molecular weight excluding hydrogens is 148 g/mol. The Kier molecular flexibility index (Phi) is 1.86. The maximum Gasteiger partial charge on any atom is 0.110 e. The van der Waals surface area contributed by atoms with Crippen LogP contribution in [0.5, 0.6) is 0 Å².